The lowest BCUT2D eigenvalue weighted by Crippen LogP contribution is -2.36. The number of nitrogens with one attached hydrogen (secondary N) is 1. The van der Waals surface area contributed by atoms with Crippen molar-refractivity contribution in [2.45, 2.75) is 32.3 Å². The number of ether oxygens (including phenoxy) is 1. The molecule has 0 aliphatic rings. The molecule has 18 heavy (non-hydrogen) atoms. The van der Waals surface area contributed by atoms with Crippen LogP contribution in [0.15, 0.2) is 18.6 Å². The van der Waals surface area contributed by atoms with Gasteiger partial charge in [0.05, 0.1) is 5.69 Å². The van der Waals surface area contributed by atoms with Crippen LogP contribution in [0.25, 0.3) is 0 Å². The number of rotatable bonds is 4. The number of alkyl carbamates (subject to hydrolysis) is 1. The first kappa shape index (κ1) is 14.4. The maximum atomic E-state index is 11.5. The molecule has 0 spiro atoms. The van der Waals surface area contributed by atoms with Crippen molar-refractivity contribution in [2.75, 3.05) is 13.1 Å². The Morgan fingerprint density at radius 2 is 2.22 bits per heavy atom. The van der Waals surface area contributed by atoms with Crippen molar-refractivity contribution >= 4 is 6.09 Å². The lowest BCUT2D eigenvalue weighted by atomic mass is 10.1. The Kier molecular flexibility index (Phi) is 5.03. The smallest absolute Gasteiger partial charge is 0.407 e. The van der Waals surface area contributed by atoms with E-state index < -0.39 is 11.7 Å². The van der Waals surface area contributed by atoms with Gasteiger partial charge in [0.15, 0.2) is 0 Å². The highest BCUT2D eigenvalue weighted by Crippen LogP contribution is 2.10. The summed E-state index contributed by atoms with van der Waals surface area (Å²) in [6, 6.07) is 0. The van der Waals surface area contributed by atoms with Gasteiger partial charge in [0.2, 0.25) is 0 Å². The number of nitrogens with zero attached hydrogens (tertiary/aromatic N) is 2. The zero-order valence-corrected chi connectivity index (χ0v) is 11.0. The molecular formula is C12H20N4O2. The van der Waals surface area contributed by atoms with E-state index in [0.29, 0.717) is 13.1 Å². The summed E-state index contributed by atoms with van der Waals surface area (Å²) in [5.74, 6) is -0.0637. The van der Waals surface area contributed by atoms with E-state index in [1.807, 2.05) is 20.8 Å². The van der Waals surface area contributed by atoms with E-state index in [4.69, 9.17) is 10.5 Å². The third-order valence-electron chi connectivity index (χ3n) is 2.18. The van der Waals surface area contributed by atoms with Crippen LogP contribution in [0.3, 0.4) is 0 Å². The molecule has 0 aromatic carbocycles. The van der Waals surface area contributed by atoms with Crippen molar-refractivity contribution in [3.8, 4) is 0 Å². The Bertz CT molecular complexity index is 375. The molecule has 1 amide bonds. The van der Waals surface area contributed by atoms with Gasteiger partial charge in [-0.15, -0.1) is 0 Å². The Labute approximate surface area is 107 Å². The van der Waals surface area contributed by atoms with Gasteiger partial charge in [-0.1, -0.05) is 0 Å². The van der Waals surface area contributed by atoms with Gasteiger partial charge >= 0.3 is 6.09 Å². The topological polar surface area (TPSA) is 90.1 Å². The van der Waals surface area contributed by atoms with Crippen molar-refractivity contribution in [1.82, 2.24) is 15.3 Å². The minimum atomic E-state index is -0.505. The maximum absolute atomic E-state index is 11.5. The second-order valence-electron chi connectivity index (χ2n) is 4.95. The van der Waals surface area contributed by atoms with Gasteiger partial charge in [0.25, 0.3) is 0 Å². The standard InChI is InChI=1S/C12H20N4O2/c1-12(2,3)18-11(17)16-7-9(6-13)10-8-14-4-5-15-10/h4-5,8-9H,6-7,13H2,1-3H3,(H,16,17). The first-order valence-corrected chi connectivity index (χ1v) is 5.85. The summed E-state index contributed by atoms with van der Waals surface area (Å²) < 4.78 is 5.14. The molecule has 0 aliphatic heterocycles. The zero-order valence-electron chi connectivity index (χ0n) is 11.0. The second kappa shape index (κ2) is 6.30. The normalized spacial score (nSPS) is 12.9. The number of aromatic nitrogens is 2. The predicted molar refractivity (Wildman–Crippen MR) is 68.1 cm³/mol. The molecule has 1 rings (SSSR count). The Balaban J connectivity index is 2.48. The highest BCUT2D eigenvalue weighted by Gasteiger charge is 2.18. The van der Waals surface area contributed by atoms with Crippen molar-refractivity contribution in [2.24, 2.45) is 5.73 Å². The van der Waals surface area contributed by atoms with Gasteiger partial charge < -0.3 is 15.8 Å². The largest absolute Gasteiger partial charge is 0.444 e. The molecule has 0 bridgehead atoms. The molecule has 1 atom stereocenters. The summed E-state index contributed by atoms with van der Waals surface area (Å²) in [4.78, 5) is 19.6. The summed E-state index contributed by atoms with van der Waals surface area (Å²) in [5.41, 5.74) is 5.91. The zero-order chi connectivity index (χ0) is 13.6. The van der Waals surface area contributed by atoms with E-state index in [2.05, 4.69) is 15.3 Å². The maximum Gasteiger partial charge on any atom is 0.407 e. The third kappa shape index (κ3) is 5.09. The number of hydrogen-bond donors (Lipinski definition) is 2. The fraction of sp³-hybridized carbons (Fsp3) is 0.583. The van der Waals surface area contributed by atoms with Gasteiger partial charge in [-0.05, 0) is 20.8 Å². The summed E-state index contributed by atoms with van der Waals surface area (Å²) in [7, 11) is 0. The molecule has 0 saturated carbocycles. The van der Waals surface area contributed by atoms with E-state index in [1.165, 1.54) is 0 Å². The first-order chi connectivity index (χ1) is 8.42. The molecule has 100 valence electrons. The van der Waals surface area contributed by atoms with Crippen LogP contribution in [0.1, 0.15) is 32.4 Å². The molecule has 0 aliphatic carbocycles. The van der Waals surface area contributed by atoms with E-state index in [0.717, 1.165) is 5.69 Å². The minimum absolute atomic E-state index is 0.0637. The summed E-state index contributed by atoms with van der Waals surface area (Å²) in [5, 5.41) is 2.68. The lowest BCUT2D eigenvalue weighted by molar-refractivity contribution is 0.0524. The quantitative estimate of drug-likeness (QED) is 0.835. The monoisotopic (exact) mass is 252 g/mol. The highest BCUT2D eigenvalue weighted by atomic mass is 16.6. The number of hydrogen-bond acceptors (Lipinski definition) is 5. The van der Waals surface area contributed by atoms with Crippen LogP contribution in [0, 0.1) is 0 Å². The van der Waals surface area contributed by atoms with Crippen LogP contribution in [0.2, 0.25) is 0 Å². The van der Waals surface area contributed by atoms with E-state index in [1.54, 1.807) is 18.6 Å². The third-order valence-corrected chi connectivity index (χ3v) is 2.18. The van der Waals surface area contributed by atoms with Gasteiger partial charge in [0, 0.05) is 37.6 Å². The Morgan fingerprint density at radius 3 is 2.72 bits per heavy atom. The molecule has 1 heterocycles. The summed E-state index contributed by atoms with van der Waals surface area (Å²) in [6.45, 7) is 6.21. The molecule has 1 unspecified atom stereocenters. The van der Waals surface area contributed by atoms with Crippen molar-refractivity contribution in [3.05, 3.63) is 24.3 Å². The first-order valence-electron chi connectivity index (χ1n) is 5.85. The van der Waals surface area contributed by atoms with Crippen LogP contribution in [-0.2, 0) is 4.74 Å². The molecule has 1 aromatic heterocycles. The summed E-state index contributed by atoms with van der Waals surface area (Å²) in [6.07, 6.45) is 4.39. The highest BCUT2D eigenvalue weighted by molar-refractivity contribution is 5.67. The van der Waals surface area contributed by atoms with E-state index in [9.17, 15) is 4.79 Å². The van der Waals surface area contributed by atoms with Crippen LogP contribution in [-0.4, -0.2) is 34.8 Å². The van der Waals surface area contributed by atoms with Crippen LogP contribution in [0.5, 0.6) is 0 Å². The lowest BCUT2D eigenvalue weighted by Gasteiger charge is -2.21. The molecule has 6 heteroatoms. The molecule has 0 saturated heterocycles. The van der Waals surface area contributed by atoms with Crippen molar-refractivity contribution < 1.29 is 9.53 Å². The van der Waals surface area contributed by atoms with Crippen LogP contribution in [0.4, 0.5) is 4.79 Å². The molecular weight excluding hydrogens is 232 g/mol. The van der Waals surface area contributed by atoms with E-state index in [-0.39, 0.29) is 5.92 Å². The number of nitrogens with two attached hydrogens (primary N) is 1. The van der Waals surface area contributed by atoms with Gasteiger partial charge in [-0.2, -0.15) is 0 Å². The number of carbonyl (C=O) groups is 1. The van der Waals surface area contributed by atoms with Gasteiger partial charge in [-0.25, -0.2) is 4.79 Å². The van der Waals surface area contributed by atoms with E-state index >= 15 is 0 Å². The second-order valence-corrected chi connectivity index (χ2v) is 4.95. The minimum Gasteiger partial charge on any atom is -0.444 e. The fourth-order valence-corrected chi connectivity index (χ4v) is 1.35. The number of amides is 1. The molecule has 0 fully saturated rings. The summed E-state index contributed by atoms with van der Waals surface area (Å²) >= 11 is 0. The average molecular weight is 252 g/mol. The molecule has 6 nitrogen and oxygen atoms in total. The molecule has 1 aromatic rings. The SMILES string of the molecule is CC(C)(C)OC(=O)NCC(CN)c1cnccn1. The predicted octanol–water partition coefficient (Wildman–Crippen LogP) is 1.04. The Hall–Kier alpha value is -1.69. The number of carbonyl (C=O) groups excluding carboxylic acids is 1. The van der Waals surface area contributed by atoms with Gasteiger partial charge in [0.1, 0.15) is 5.60 Å². The fourth-order valence-electron chi connectivity index (χ4n) is 1.35. The van der Waals surface area contributed by atoms with Crippen molar-refractivity contribution in [3.63, 3.8) is 0 Å². The van der Waals surface area contributed by atoms with Gasteiger partial charge in [-0.3, -0.25) is 9.97 Å². The molecule has 0 radical (unpaired) electrons. The van der Waals surface area contributed by atoms with Crippen LogP contribution >= 0.6 is 0 Å². The Morgan fingerprint density at radius 1 is 1.50 bits per heavy atom. The van der Waals surface area contributed by atoms with Crippen molar-refractivity contribution in [1.29, 1.82) is 0 Å². The average Bonchev–Trinajstić information content (AvgIpc) is 2.29. The molecule has 3 N–H and O–H groups in total. The van der Waals surface area contributed by atoms with Crippen LogP contribution < -0.4 is 11.1 Å².